The van der Waals surface area contributed by atoms with Crippen LogP contribution in [-0.4, -0.2) is 18.5 Å². The van der Waals surface area contributed by atoms with Crippen LogP contribution in [0.15, 0.2) is 71.6 Å². The molecule has 6 heteroatoms. The Morgan fingerprint density at radius 2 is 1.85 bits per heavy atom. The van der Waals surface area contributed by atoms with Crippen molar-refractivity contribution < 1.29 is 14.3 Å². The van der Waals surface area contributed by atoms with Gasteiger partial charge in [0.25, 0.3) is 5.91 Å². The lowest BCUT2D eigenvalue weighted by atomic mass is 10.1. The van der Waals surface area contributed by atoms with Crippen LogP contribution in [0.25, 0.3) is 6.08 Å². The van der Waals surface area contributed by atoms with E-state index in [1.54, 1.807) is 7.11 Å². The highest BCUT2D eigenvalue weighted by molar-refractivity contribution is 8.05. The van der Waals surface area contributed by atoms with E-state index in [1.165, 1.54) is 22.9 Å². The average Bonchev–Trinajstić information content (AvgIpc) is 3.16. The second kappa shape index (κ2) is 10.5. The lowest BCUT2D eigenvalue weighted by Gasteiger charge is -2.13. The van der Waals surface area contributed by atoms with Gasteiger partial charge in [0.05, 0.1) is 12.0 Å². The maximum absolute atomic E-state index is 12.5. The molecule has 1 fully saturated rings. The highest BCUT2D eigenvalue weighted by Crippen LogP contribution is 2.33. The molecule has 0 spiro atoms. The second-order valence-corrected chi connectivity index (χ2v) is 9.01. The van der Waals surface area contributed by atoms with Crippen molar-refractivity contribution in [3.63, 3.8) is 0 Å². The molecule has 0 aromatic heterocycles. The minimum atomic E-state index is -0.213. The SMILES string of the molecule is CCc1ccc(N[C@@H]2NC(=O)/C(=C/c3ccc(OCc4cccc(C)c4)c(OC)c3)S2)cc1. The number of carbonyl (C=O) groups is 1. The fourth-order valence-corrected chi connectivity index (χ4v) is 4.55. The molecule has 1 heterocycles. The summed E-state index contributed by atoms with van der Waals surface area (Å²) in [5, 5.41) is 6.32. The molecular weight excluding hydrogens is 432 g/mol. The van der Waals surface area contributed by atoms with Gasteiger partial charge >= 0.3 is 0 Å². The van der Waals surface area contributed by atoms with Crippen molar-refractivity contribution in [1.29, 1.82) is 0 Å². The van der Waals surface area contributed by atoms with Gasteiger partial charge in [-0.3, -0.25) is 4.79 Å². The van der Waals surface area contributed by atoms with Gasteiger partial charge < -0.3 is 20.1 Å². The number of amides is 1. The molecule has 3 aromatic rings. The Hall–Kier alpha value is -3.38. The van der Waals surface area contributed by atoms with Crippen LogP contribution in [0.1, 0.15) is 29.2 Å². The lowest BCUT2D eigenvalue weighted by molar-refractivity contribution is -0.116. The molecule has 1 aliphatic heterocycles. The van der Waals surface area contributed by atoms with E-state index in [1.807, 2.05) is 48.5 Å². The smallest absolute Gasteiger partial charge is 0.260 e. The Morgan fingerprint density at radius 3 is 2.58 bits per heavy atom. The number of anilines is 1. The van der Waals surface area contributed by atoms with Crippen LogP contribution < -0.4 is 20.1 Å². The fraction of sp³-hybridized carbons (Fsp3) is 0.222. The number of ether oxygens (including phenoxy) is 2. The van der Waals surface area contributed by atoms with Gasteiger partial charge in [-0.1, -0.05) is 66.7 Å². The number of hydrogen-bond acceptors (Lipinski definition) is 5. The zero-order chi connectivity index (χ0) is 23.2. The lowest BCUT2D eigenvalue weighted by Crippen LogP contribution is -2.30. The molecular formula is C27H28N2O3S. The van der Waals surface area contributed by atoms with E-state index < -0.39 is 0 Å². The number of thioether (sulfide) groups is 1. The molecule has 33 heavy (non-hydrogen) atoms. The number of benzene rings is 3. The fourth-order valence-electron chi connectivity index (χ4n) is 3.56. The Labute approximate surface area is 199 Å². The molecule has 0 unspecified atom stereocenters. The van der Waals surface area contributed by atoms with E-state index >= 15 is 0 Å². The average molecular weight is 461 g/mol. The first kappa shape index (κ1) is 22.8. The molecule has 0 radical (unpaired) electrons. The van der Waals surface area contributed by atoms with E-state index in [-0.39, 0.29) is 11.4 Å². The van der Waals surface area contributed by atoms with Crippen LogP contribution in [0.2, 0.25) is 0 Å². The van der Waals surface area contributed by atoms with Crippen LogP contribution in [0.5, 0.6) is 11.5 Å². The molecule has 0 aliphatic carbocycles. The Bertz CT molecular complexity index is 1160. The van der Waals surface area contributed by atoms with E-state index in [9.17, 15) is 4.79 Å². The van der Waals surface area contributed by atoms with Crippen molar-refractivity contribution in [3.05, 3.63) is 93.9 Å². The number of carbonyl (C=O) groups excluding carboxylic acids is 1. The molecule has 0 saturated carbocycles. The van der Waals surface area contributed by atoms with Gasteiger partial charge in [0.1, 0.15) is 6.61 Å². The van der Waals surface area contributed by atoms with E-state index in [2.05, 4.69) is 48.7 Å². The van der Waals surface area contributed by atoms with Crippen LogP contribution in [0.4, 0.5) is 5.69 Å². The van der Waals surface area contributed by atoms with Crippen molar-refractivity contribution in [2.75, 3.05) is 12.4 Å². The first-order chi connectivity index (χ1) is 16.0. The van der Waals surface area contributed by atoms with Crippen molar-refractivity contribution in [2.45, 2.75) is 32.4 Å². The minimum absolute atomic E-state index is 0.0959. The number of hydrogen-bond donors (Lipinski definition) is 2. The third-order valence-corrected chi connectivity index (χ3v) is 6.38. The maximum Gasteiger partial charge on any atom is 0.260 e. The molecule has 4 rings (SSSR count). The van der Waals surface area contributed by atoms with Crippen molar-refractivity contribution in [2.24, 2.45) is 0 Å². The second-order valence-electron chi connectivity index (χ2n) is 7.86. The zero-order valence-electron chi connectivity index (χ0n) is 19.1. The van der Waals surface area contributed by atoms with Crippen molar-refractivity contribution >= 4 is 29.4 Å². The predicted molar refractivity (Wildman–Crippen MR) is 135 cm³/mol. The summed E-state index contributed by atoms with van der Waals surface area (Å²) < 4.78 is 11.5. The molecule has 1 saturated heterocycles. The highest BCUT2D eigenvalue weighted by Gasteiger charge is 2.27. The summed E-state index contributed by atoms with van der Waals surface area (Å²) in [6, 6.07) is 22.2. The van der Waals surface area contributed by atoms with Gasteiger partial charge in [0.2, 0.25) is 0 Å². The van der Waals surface area contributed by atoms with Crippen LogP contribution >= 0.6 is 11.8 Å². The monoisotopic (exact) mass is 460 g/mol. The van der Waals surface area contributed by atoms with E-state index in [0.29, 0.717) is 23.0 Å². The third kappa shape index (κ3) is 5.90. The number of nitrogens with one attached hydrogen (secondary N) is 2. The quantitative estimate of drug-likeness (QED) is 0.420. The number of aryl methyl sites for hydroxylation is 2. The Morgan fingerprint density at radius 1 is 1.03 bits per heavy atom. The topological polar surface area (TPSA) is 59.6 Å². The molecule has 1 atom stereocenters. The molecule has 0 bridgehead atoms. The molecule has 5 nitrogen and oxygen atoms in total. The highest BCUT2D eigenvalue weighted by atomic mass is 32.2. The standard InChI is InChI=1S/C27H28N2O3S/c1-4-19-8-11-22(12-9-19)28-27-29-26(30)25(33-27)16-20-10-13-23(24(15-20)31-3)32-17-21-7-5-6-18(2)14-21/h5-16,27-28H,4,17H2,1-3H3,(H,29,30)/b25-16-/t27-/m1/s1. The van der Waals surface area contributed by atoms with Crippen LogP contribution in [-0.2, 0) is 17.8 Å². The summed E-state index contributed by atoms with van der Waals surface area (Å²) in [5.74, 6) is 1.20. The Kier molecular flexibility index (Phi) is 7.25. The zero-order valence-corrected chi connectivity index (χ0v) is 19.9. The number of rotatable bonds is 8. The largest absolute Gasteiger partial charge is 0.493 e. The molecule has 170 valence electrons. The molecule has 2 N–H and O–H groups in total. The first-order valence-corrected chi connectivity index (χ1v) is 11.8. The van der Waals surface area contributed by atoms with Crippen molar-refractivity contribution in [1.82, 2.24) is 5.32 Å². The van der Waals surface area contributed by atoms with Gasteiger partial charge in [-0.05, 0) is 60.4 Å². The van der Waals surface area contributed by atoms with Gasteiger partial charge in [-0.25, -0.2) is 0 Å². The molecule has 3 aromatic carbocycles. The summed E-state index contributed by atoms with van der Waals surface area (Å²) in [7, 11) is 1.62. The van der Waals surface area contributed by atoms with Crippen molar-refractivity contribution in [3.8, 4) is 11.5 Å². The normalized spacial score (nSPS) is 16.5. The van der Waals surface area contributed by atoms with Crippen LogP contribution in [0, 0.1) is 6.92 Å². The molecule has 1 amide bonds. The van der Waals surface area contributed by atoms with Gasteiger partial charge in [-0.2, -0.15) is 0 Å². The van der Waals surface area contributed by atoms with Gasteiger partial charge in [-0.15, -0.1) is 0 Å². The summed E-state index contributed by atoms with van der Waals surface area (Å²) in [6.07, 6.45) is 2.87. The first-order valence-electron chi connectivity index (χ1n) is 10.9. The summed E-state index contributed by atoms with van der Waals surface area (Å²) in [4.78, 5) is 13.1. The Balaban J connectivity index is 1.42. The predicted octanol–water partition coefficient (Wildman–Crippen LogP) is 5.74. The van der Waals surface area contributed by atoms with Crippen LogP contribution in [0.3, 0.4) is 0 Å². The molecule has 1 aliphatic rings. The summed E-state index contributed by atoms with van der Waals surface area (Å²) in [5.41, 5.74) is 5.22. The minimum Gasteiger partial charge on any atom is -0.493 e. The van der Waals surface area contributed by atoms with Gasteiger partial charge in [0, 0.05) is 5.69 Å². The van der Waals surface area contributed by atoms with Gasteiger partial charge in [0.15, 0.2) is 17.0 Å². The maximum atomic E-state index is 12.5. The number of methoxy groups -OCH3 is 1. The van der Waals surface area contributed by atoms with E-state index in [4.69, 9.17) is 9.47 Å². The third-order valence-electron chi connectivity index (χ3n) is 5.35. The summed E-state index contributed by atoms with van der Waals surface area (Å²) in [6.45, 7) is 4.65. The summed E-state index contributed by atoms with van der Waals surface area (Å²) >= 11 is 1.46. The van der Waals surface area contributed by atoms with E-state index in [0.717, 1.165) is 23.2 Å².